The van der Waals surface area contributed by atoms with Crippen LogP contribution in [0.15, 0.2) is 52.2 Å². The lowest BCUT2D eigenvalue weighted by molar-refractivity contribution is -0.948. The van der Waals surface area contributed by atoms with Crippen LogP contribution in [0.2, 0.25) is 0 Å². The Morgan fingerprint density at radius 3 is 2.84 bits per heavy atom. The zero-order valence-electron chi connectivity index (χ0n) is 17.5. The normalized spacial score (nSPS) is 25.2. The Morgan fingerprint density at radius 1 is 1.19 bits per heavy atom. The summed E-state index contributed by atoms with van der Waals surface area (Å²) in [7, 11) is 0. The molecule has 4 aliphatic heterocycles. The Morgan fingerprint density at radius 2 is 2.06 bits per heavy atom. The first kappa shape index (κ1) is 19.5. The number of hydrogen-bond donors (Lipinski definition) is 0. The van der Waals surface area contributed by atoms with Gasteiger partial charge in [-0.05, 0) is 18.2 Å². The summed E-state index contributed by atoms with van der Waals surface area (Å²) in [6.45, 7) is 4.64. The molecule has 1 atom stereocenters. The molecule has 1 amide bonds. The second-order valence-corrected chi connectivity index (χ2v) is 9.34. The van der Waals surface area contributed by atoms with Crippen molar-refractivity contribution in [3.05, 3.63) is 53.5 Å². The summed E-state index contributed by atoms with van der Waals surface area (Å²) >= 11 is 1.81. The monoisotopic (exact) mass is 448 g/mol. The summed E-state index contributed by atoms with van der Waals surface area (Å²) < 4.78 is 6.48. The van der Waals surface area contributed by atoms with Crippen LogP contribution in [0.5, 0.6) is 0 Å². The van der Waals surface area contributed by atoms with Crippen LogP contribution in [0.25, 0.3) is 11.2 Å². The molecule has 2 saturated heterocycles. The molecule has 0 aromatic carbocycles. The van der Waals surface area contributed by atoms with E-state index in [2.05, 4.69) is 44.3 Å². The molecule has 2 aromatic heterocycles. The molecule has 6 rings (SSSR count). The van der Waals surface area contributed by atoms with E-state index in [0.29, 0.717) is 34.1 Å². The smallest absolute Gasteiger partial charge is 0.300 e. The fraction of sp³-hybridized carbons (Fsp3) is 0.364. The highest BCUT2D eigenvalue weighted by Crippen LogP contribution is 2.38. The van der Waals surface area contributed by atoms with Crippen LogP contribution >= 0.6 is 11.8 Å². The van der Waals surface area contributed by atoms with Crippen molar-refractivity contribution in [3.63, 3.8) is 0 Å². The van der Waals surface area contributed by atoms with Gasteiger partial charge >= 0.3 is 0 Å². The maximum absolute atomic E-state index is 13.0. The SMILES string of the molecule is N#Cc1ccc2oc(N3CCN([N@@+]45C=CC=C4C=C(C(=O)N4CCSC4)C5)CC3)nc2n1. The van der Waals surface area contributed by atoms with Gasteiger partial charge in [-0.25, -0.2) is 4.98 Å². The van der Waals surface area contributed by atoms with Gasteiger partial charge in [0.2, 0.25) is 5.65 Å². The molecular formula is C22H22N7O2S+. The molecule has 0 radical (unpaired) electrons. The van der Waals surface area contributed by atoms with Crippen LogP contribution in [0.1, 0.15) is 5.69 Å². The first-order valence-electron chi connectivity index (χ1n) is 10.7. The van der Waals surface area contributed by atoms with Gasteiger partial charge in [0.1, 0.15) is 24.5 Å². The second kappa shape index (κ2) is 7.48. The third kappa shape index (κ3) is 3.04. The van der Waals surface area contributed by atoms with E-state index in [0.717, 1.165) is 55.6 Å². The number of oxazole rings is 1. The lowest BCUT2D eigenvalue weighted by Crippen LogP contribution is -2.60. The number of rotatable bonds is 3. The number of aromatic nitrogens is 2. The van der Waals surface area contributed by atoms with Gasteiger partial charge in [-0.2, -0.15) is 14.8 Å². The van der Waals surface area contributed by atoms with Gasteiger partial charge in [-0.15, -0.1) is 16.8 Å². The van der Waals surface area contributed by atoms with Gasteiger partial charge < -0.3 is 14.2 Å². The molecule has 9 nitrogen and oxygen atoms in total. The number of nitriles is 1. The van der Waals surface area contributed by atoms with Gasteiger partial charge in [0.05, 0.1) is 24.5 Å². The Bertz CT molecular complexity index is 1230. The highest BCUT2D eigenvalue weighted by Gasteiger charge is 2.48. The van der Waals surface area contributed by atoms with Crippen molar-refractivity contribution in [2.24, 2.45) is 0 Å². The van der Waals surface area contributed by atoms with E-state index < -0.39 is 0 Å². The number of allylic oxidation sites excluding steroid dienone is 3. The van der Waals surface area contributed by atoms with Crippen molar-refractivity contribution >= 4 is 34.9 Å². The first-order chi connectivity index (χ1) is 15.7. The average molecular weight is 449 g/mol. The molecule has 6 heterocycles. The Hall–Kier alpha value is -3.13. The molecule has 4 aliphatic rings. The number of carbonyl (C=O) groups excluding carboxylic acids is 1. The molecule has 0 spiro atoms. The van der Waals surface area contributed by atoms with Crippen molar-refractivity contribution in [3.8, 4) is 6.07 Å². The van der Waals surface area contributed by atoms with E-state index in [4.69, 9.17) is 9.68 Å². The number of piperazine rings is 1. The number of thioether (sulfide) groups is 1. The number of anilines is 1. The maximum Gasteiger partial charge on any atom is 0.300 e. The number of nitrogens with zero attached hydrogens (tertiary/aromatic N) is 7. The summed E-state index contributed by atoms with van der Waals surface area (Å²) in [5.74, 6) is 1.98. The predicted molar refractivity (Wildman–Crippen MR) is 120 cm³/mol. The summed E-state index contributed by atoms with van der Waals surface area (Å²) in [6.07, 6.45) is 8.47. The van der Waals surface area contributed by atoms with Gasteiger partial charge in [-0.1, -0.05) is 0 Å². The van der Waals surface area contributed by atoms with Gasteiger partial charge in [0.15, 0.2) is 11.3 Å². The van der Waals surface area contributed by atoms with Crippen LogP contribution in [-0.2, 0) is 4.79 Å². The van der Waals surface area contributed by atoms with Crippen molar-refractivity contribution < 1.29 is 13.8 Å². The highest BCUT2D eigenvalue weighted by atomic mass is 32.2. The summed E-state index contributed by atoms with van der Waals surface area (Å²) in [4.78, 5) is 25.8. The number of quaternary nitrogens is 1. The molecule has 0 N–H and O–H groups in total. The average Bonchev–Trinajstić information content (AvgIpc) is 3.61. The van der Waals surface area contributed by atoms with Crippen LogP contribution in [0, 0.1) is 11.3 Å². The minimum absolute atomic E-state index is 0.172. The third-order valence-electron chi connectivity index (χ3n) is 6.48. The van der Waals surface area contributed by atoms with Crippen LogP contribution in [-0.4, -0.2) is 81.3 Å². The molecule has 162 valence electrons. The number of hydrogen-bond acceptors (Lipinski definition) is 8. The van der Waals surface area contributed by atoms with E-state index in [1.165, 1.54) is 0 Å². The number of carbonyl (C=O) groups is 1. The molecule has 0 bridgehead atoms. The molecule has 0 unspecified atom stereocenters. The maximum atomic E-state index is 13.0. The number of pyridine rings is 1. The molecular weight excluding hydrogens is 426 g/mol. The summed E-state index contributed by atoms with van der Waals surface area (Å²) in [5, 5.41) is 11.5. The van der Waals surface area contributed by atoms with E-state index in [9.17, 15) is 4.79 Å². The lowest BCUT2D eigenvalue weighted by Gasteiger charge is -2.43. The molecule has 32 heavy (non-hydrogen) atoms. The predicted octanol–water partition coefficient (Wildman–Crippen LogP) is 1.83. The second-order valence-electron chi connectivity index (χ2n) is 8.26. The van der Waals surface area contributed by atoms with Crippen molar-refractivity contribution in [1.29, 1.82) is 5.26 Å². The fourth-order valence-corrected chi connectivity index (χ4v) is 5.75. The minimum Gasteiger partial charge on any atom is -0.422 e. The highest BCUT2D eigenvalue weighted by molar-refractivity contribution is 7.99. The first-order valence-corrected chi connectivity index (χ1v) is 11.9. The zero-order chi connectivity index (χ0) is 21.7. The van der Waals surface area contributed by atoms with Crippen LogP contribution in [0.3, 0.4) is 0 Å². The number of fused-ring (bicyclic) bond motifs is 2. The lowest BCUT2D eigenvalue weighted by atomic mass is 10.2. The number of amides is 1. The topological polar surface area (TPSA) is 89.5 Å². The molecule has 2 aromatic rings. The van der Waals surface area contributed by atoms with Gasteiger partial charge in [0.25, 0.3) is 11.9 Å². The minimum atomic E-state index is 0.172. The van der Waals surface area contributed by atoms with E-state index in [1.807, 2.05) is 22.7 Å². The molecule has 0 saturated carbocycles. The Balaban J connectivity index is 1.17. The zero-order valence-corrected chi connectivity index (χ0v) is 18.3. The van der Waals surface area contributed by atoms with Gasteiger partial charge in [-0.3, -0.25) is 4.79 Å². The largest absolute Gasteiger partial charge is 0.422 e. The van der Waals surface area contributed by atoms with Crippen molar-refractivity contribution in [2.45, 2.75) is 0 Å². The third-order valence-corrected chi connectivity index (χ3v) is 7.45. The van der Waals surface area contributed by atoms with Crippen LogP contribution in [0.4, 0.5) is 6.01 Å². The van der Waals surface area contributed by atoms with Crippen molar-refractivity contribution in [2.75, 3.05) is 55.8 Å². The molecule has 2 fully saturated rings. The van der Waals surface area contributed by atoms with Crippen LogP contribution < -0.4 is 4.90 Å². The van der Waals surface area contributed by atoms with E-state index >= 15 is 0 Å². The Kier molecular flexibility index (Phi) is 4.57. The molecule has 10 heteroatoms. The summed E-state index contributed by atoms with van der Waals surface area (Å²) in [6, 6.07) is 5.95. The van der Waals surface area contributed by atoms with E-state index in [1.54, 1.807) is 12.1 Å². The van der Waals surface area contributed by atoms with Gasteiger partial charge in [0, 0.05) is 37.5 Å². The quantitative estimate of drug-likeness (QED) is 0.657. The fourth-order valence-electron chi connectivity index (χ4n) is 4.80. The molecule has 0 aliphatic carbocycles. The summed E-state index contributed by atoms with van der Waals surface area (Å²) in [5.41, 5.74) is 3.43. The Labute approximate surface area is 189 Å². The van der Waals surface area contributed by atoms with Crippen molar-refractivity contribution in [1.82, 2.24) is 19.9 Å². The van der Waals surface area contributed by atoms with E-state index in [-0.39, 0.29) is 5.91 Å². The standard InChI is InChI=1S/C22H22N7O2S/c23-13-17-3-4-19-20(24-17)25-22(31-19)26-5-7-28(8-6-26)29-10-1-2-18(29)12-16(14-29)21(30)27-9-11-32-15-27/h1-4,10,12H,5-9,11,14-15H2/q+1/t29-/m1/s1.